The van der Waals surface area contributed by atoms with Gasteiger partial charge in [0, 0.05) is 5.69 Å². The number of esters is 1. The Morgan fingerprint density at radius 1 is 1.23 bits per heavy atom. The molecule has 0 bridgehead atoms. The molecule has 2 heterocycles. The van der Waals surface area contributed by atoms with Crippen molar-refractivity contribution in [1.82, 2.24) is 4.57 Å². The molecule has 0 saturated heterocycles. The first-order valence-electron chi connectivity index (χ1n) is 8.86. The molecule has 7 nitrogen and oxygen atoms in total. The Morgan fingerprint density at radius 2 is 2.00 bits per heavy atom. The molecule has 0 aliphatic carbocycles. The van der Waals surface area contributed by atoms with Crippen molar-refractivity contribution in [3.8, 4) is 6.07 Å². The third-order valence-electron chi connectivity index (χ3n) is 4.58. The molecule has 3 aromatic rings. The largest absolute Gasteiger partial charge is 0.467 e. The first-order valence-corrected chi connectivity index (χ1v) is 8.86. The summed E-state index contributed by atoms with van der Waals surface area (Å²) in [6.07, 6.45) is 1.52. The van der Waals surface area contributed by atoms with Crippen LogP contribution in [0.4, 0.5) is 14.6 Å². The van der Waals surface area contributed by atoms with Crippen molar-refractivity contribution in [3.63, 3.8) is 0 Å². The lowest BCUT2D eigenvalue weighted by Gasteiger charge is -2.12. The Kier molecular flexibility index (Phi) is 5.97. The standard InChI is InChI=1S/C21H17F2N3O4/c1-12-13(2)26(10-15-4-3-7-29-15)20(16(12)9-24)25-19(27)11-30-21(28)14-5-6-17(22)18(23)8-14/h3-8H,10-11H2,1-2H3,(H,25,27). The number of rotatable bonds is 6. The monoisotopic (exact) mass is 413 g/mol. The highest BCUT2D eigenvalue weighted by atomic mass is 19.2. The summed E-state index contributed by atoms with van der Waals surface area (Å²) in [6.45, 7) is 3.17. The predicted octanol–water partition coefficient (Wildman–Crippen LogP) is 3.69. The maximum absolute atomic E-state index is 13.2. The van der Waals surface area contributed by atoms with E-state index in [1.807, 2.05) is 0 Å². The highest BCUT2D eigenvalue weighted by Gasteiger charge is 2.21. The minimum absolute atomic E-state index is 0.229. The van der Waals surface area contributed by atoms with E-state index in [-0.39, 0.29) is 23.5 Å². The Labute approximate surface area is 170 Å². The smallest absolute Gasteiger partial charge is 0.338 e. The fourth-order valence-electron chi connectivity index (χ4n) is 2.89. The number of ether oxygens (including phenoxy) is 1. The van der Waals surface area contributed by atoms with E-state index >= 15 is 0 Å². The van der Waals surface area contributed by atoms with Crippen LogP contribution in [0.25, 0.3) is 0 Å². The summed E-state index contributed by atoms with van der Waals surface area (Å²) in [6, 6.07) is 8.07. The van der Waals surface area contributed by atoms with Gasteiger partial charge >= 0.3 is 5.97 Å². The molecule has 2 aromatic heterocycles. The van der Waals surface area contributed by atoms with Crippen molar-refractivity contribution in [2.75, 3.05) is 11.9 Å². The average molecular weight is 413 g/mol. The van der Waals surface area contributed by atoms with Crippen LogP contribution in [0.3, 0.4) is 0 Å². The maximum Gasteiger partial charge on any atom is 0.338 e. The number of carbonyl (C=O) groups excluding carboxylic acids is 2. The number of furan rings is 1. The van der Waals surface area contributed by atoms with E-state index in [2.05, 4.69) is 11.4 Å². The number of carbonyl (C=O) groups is 2. The van der Waals surface area contributed by atoms with Gasteiger partial charge in [-0.05, 0) is 49.7 Å². The average Bonchev–Trinajstić information content (AvgIpc) is 3.31. The Morgan fingerprint density at radius 3 is 2.63 bits per heavy atom. The van der Waals surface area contributed by atoms with Gasteiger partial charge in [-0.3, -0.25) is 4.79 Å². The number of nitrogens with one attached hydrogen (secondary N) is 1. The van der Waals surface area contributed by atoms with E-state index in [4.69, 9.17) is 9.15 Å². The van der Waals surface area contributed by atoms with E-state index in [0.717, 1.165) is 17.8 Å². The molecule has 9 heteroatoms. The second-order valence-electron chi connectivity index (χ2n) is 6.46. The topological polar surface area (TPSA) is 97.3 Å². The SMILES string of the molecule is Cc1c(C#N)c(NC(=O)COC(=O)c2ccc(F)c(F)c2)n(Cc2ccco2)c1C. The van der Waals surface area contributed by atoms with Crippen LogP contribution in [0.2, 0.25) is 0 Å². The van der Waals surface area contributed by atoms with Gasteiger partial charge in [0.2, 0.25) is 0 Å². The first kappa shape index (κ1) is 20.8. The highest BCUT2D eigenvalue weighted by molar-refractivity contribution is 5.96. The summed E-state index contributed by atoms with van der Waals surface area (Å²) in [7, 11) is 0. The molecule has 0 aliphatic rings. The zero-order valence-corrected chi connectivity index (χ0v) is 16.2. The number of nitriles is 1. The molecule has 0 fully saturated rings. The molecule has 0 spiro atoms. The Balaban J connectivity index is 1.74. The van der Waals surface area contributed by atoms with Crippen molar-refractivity contribution < 1.29 is 27.5 Å². The van der Waals surface area contributed by atoms with Gasteiger partial charge in [0.05, 0.1) is 23.9 Å². The van der Waals surface area contributed by atoms with Crippen molar-refractivity contribution in [2.45, 2.75) is 20.4 Å². The molecule has 3 rings (SSSR count). The highest BCUT2D eigenvalue weighted by Crippen LogP contribution is 2.27. The molecule has 1 amide bonds. The minimum atomic E-state index is -1.20. The fourth-order valence-corrected chi connectivity index (χ4v) is 2.89. The number of anilines is 1. The molecule has 0 aliphatic heterocycles. The summed E-state index contributed by atoms with van der Waals surface area (Å²) < 4.78 is 38.1. The zero-order valence-electron chi connectivity index (χ0n) is 16.2. The zero-order chi connectivity index (χ0) is 21.8. The van der Waals surface area contributed by atoms with Crippen molar-refractivity contribution in [3.05, 3.63) is 76.4 Å². The van der Waals surface area contributed by atoms with Crippen LogP contribution in [0, 0.1) is 36.8 Å². The summed E-state index contributed by atoms with van der Waals surface area (Å²) in [5.41, 5.74) is 1.50. The van der Waals surface area contributed by atoms with Gasteiger partial charge in [-0.15, -0.1) is 0 Å². The van der Waals surface area contributed by atoms with Crippen LogP contribution >= 0.6 is 0 Å². The summed E-state index contributed by atoms with van der Waals surface area (Å²) in [5.74, 6) is -3.11. The Hall–Kier alpha value is -3.93. The number of benzene rings is 1. The van der Waals surface area contributed by atoms with E-state index in [0.29, 0.717) is 17.4 Å². The maximum atomic E-state index is 13.2. The molecule has 0 saturated carbocycles. The molecular formula is C21H17F2N3O4. The number of nitrogens with zero attached hydrogens (tertiary/aromatic N) is 2. The van der Waals surface area contributed by atoms with Gasteiger partial charge in [0.25, 0.3) is 5.91 Å². The molecule has 0 radical (unpaired) electrons. The molecule has 0 unspecified atom stereocenters. The number of amides is 1. The first-order chi connectivity index (χ1) is 14.3. The summed E-state index contributed by atoms with van der Waals surface area (Å²) >= 11 is 0. The molecule has 0 atom stereocenters. The minimum Gasteiger partial charge on any atom is -0.467 e. The second kappa shape index (κ2) is 8.61. The van der Waals surface area contributed by atoms with E-state index in [9.17, 15) is 23.6 Å². The van der Waals surface area contributed by atoms with Crippen molar-refractivity contribution in [2.24, 2.45) is 0 Å². The van der Waals surface area contributed by atoms with Gasteiger partial charge in [0.15, 0.2) is 18.2 Å². The molecule has 30 heavy (non-hydrogen) atoms. The van der Waals surface area contributed by atoms with Crippen LogP contribution in [0.1, 0.15) is 32.9 Å². The van der Waals surface area contributed by atoms with Crippen molar-refractivity contribution in [1.29, 1.82) is 5.26 Å². The van der Waals surface area contributed by atoms with Gasteiger partial charge < -0.3 is 19.0 Å². The van der Waals surface area contributed by atoms with Crippen molar-refractivity contribution >= 4 is 17.7 Å². The van der Waals surface area contributed by atoms with Crippen LogP contribution in [0.5, 0.6) is 0 Å². The lowest BCUT2D eigenvalue weighted by Crippen LogP contribution is -2.23. The fraction of sp³-hybridized carbons (Fsp3) is 0.190. The molecule has 1 aromatic carbocycles. The van der Waals surface area contributed by atoms with Gasteiger partial charge in [-0.1, -0.05) is 0 Å². The van der Waals surface area contributed by atoms with Crippen LogP contribution < -0.4 is 5.32 Å². The van der Waals surface area contributed by atoms with Crippen LogP contribution in [-0.4, -0.2) is 23.1 Å². The molecular weight excluding hydrogens is 396 g/mol. The quantitative estimate of drug-likeness (QED) is 0.622. The van der Waals surface area contributed by atoms with Crippen LogP contribution in [-0.2, 0) is 16.1 Å². The van der Waals surface area contributed by atoms with E-state index < -0.39 is 30.1 Å². The number of halogens is 2. The van der Waals surface area contributed by atoms with Gasteiger partial charge in [-0.25, -0.2) is 13.6 Å². The Bertz CT molecular complexity index is 1140. The molecule has 154 valence electrons. The van der Waals surface area contributed by atoms with Crippen LogP contribution in [0.15, 0.2) is 41.0 Å². The van der Waals surface area contributed by atoms with Gasteiger partial charge in [0.1, 0.15) is 17.6 Å². The summed E-state index contributed by atoms with van der Waals surface area (Å²) in [5, 5.41) is 12.1. The predicted molar refractivity (Wildman–Crippen MR) is 102 cm³/mol. The van der Waals surface area contributed by atoms with E-state index in [1.165, 1.54) is 6.26 Å². The third kappa shape index (κ3) is 4.22. The molecule has 1 N–H and O–H groups in total. The lowest BCUT2D eigenvalue weighted by molar-refractivity contribution is -0.119. The van der Waals surface area contributed by atoms with Gasteiger partial charge in [-0.2, -0.15) is 5.26 Å². The number of hydrogen-bond donors (Lipinski definition) is 1. The number of aromatic nitrogens is 1. The normalized spacial score (nSPS) is 10.5. The number of hydrogen-bond acceptors (Lipinski definition) is 5. The lowest BCUT2D eigenvalue weighted by atomic mass is 10.2. The summed E-state index contributed by atoms with van der Waals surface area (Å²) in [4.78, 5) is 24.3. The third-order valence-corrected chi connectivity index (χ3v) is 4.58. The second-order valence-corrected chi connectivity index (χ2v) is 6.46. The van der Waals surface area contributed by atoms with E-state index in [1.54, 1.807) is 30.5 Å².